The van der Waals surface area contributed by atoms with E-state index in [1.54, 1.807) is 0 Å². The van der Waals surface area contributed by atoms with E-state index < -0.39 is 0 Å². The molecule has 1 atom stereocenters. The van der Waals surface area contributed by atoms with E-state index >= 15 is 0 Å². The van der Waals surface area contributed by atoms with Gasteiger partial charge in [-0.05, 0) is 31.2 Å². The van der Waals surface area contributed by atoms with Crippen LogP contribution in [0.4, 0.5) is 5.69 Å². The molecule has 1 heterocycles. The first-order valence-electron chi connectivity index (χ1n) is 6.13. The molecule has 0 spiro atoms. The summed E-state index contributed by atoms with van der Waals surface area (Å²) in [4.78, 5) is 25.3. The van der Waals surface area contributed by atoms with Gasteiger partial charge in [0.1, 0.15) is 0 Å². The van der Waals surface area contributed by atoms with Gasteiger partial charge in [-0.3, -0.25) is 14.5 Å². The fraction of sp³-hybridized carbons (Fsp3) is 0.385. The van der Waals surface area contributed by atoms with E-state index in [1.807, 2.05) is 36.1 Å². The highest BCUT2D eigenvalue weighted by atomic mass is 79.9. The van der Waals surface area contributed by atoms with Gasteiger partial charge >= 0.3 is 0 Å². The van der Waals surface area contributed by atoms with Crippen molar-refractivity contribution in [3.8, 4) is 0 Å². The molecule has 1 saturated heterocycles. The number of nitrogens with zero attached hydrogens (tertiary/aromatic N) is 1. The smallest absolute Gasteiger partial charge is 0.241 e. The summed E-state index contributed by atoms with van der Waals surface area (Å²) < 4.78 is 0.964. The molecule has 19 heavy (non-hydrogen) atoms. The first-order valence-corrected chi connectivity index (χ1v) is 6.93. The Morgan fingerprint density at radius 3 is 2.74 bits per heavy atom. The van der Waals surface area contributed by atoms with Crippen LogP contribution < -0.4 is 10.6 Å². The minimum absolute atomic E-state index is 0.0328. The molecule has 6 heteroatoms. The molecule has 0 radical (unpaired) electrons. The normalized spacial score (nSPS) is 17.7. The zero-order valence-corrected chi connectivity index (χ0v) is 12.2. The predicted octanol–water partition coefficient (Wildman–Crippen LogP) is 1.21. The van der Waals surface area contributed by atoms with Crippen molar-refractivity contribution < 1.29 is 9.59 Å². The summed E-state index contributed by atoms with van der Waals surface area (Å²) in [7, 11) is 0. The van der Waals surface area contributed by atoms with Crippen LogP contribution in [0.25, 0.3) is 0 Å². The first-order chi connectivity index (χ1) is 9.06. The van der Waals surface area contributed by atoms with Gasteiger partial charge in [0.05, 0.1) is 12.6 Å². The Kier molecular flexibility index (Phi) is 4.55. The van der Waals surface area contributed by atoms with Gasteiger partial charge in [-0.1, -0.05) is 15.9 Å². The number of carbonyl (C=O) groups excluding carboxylic acids is 2. The summed E-state index contributed by atoms with van der Waals surface area (Å²) in [6, 6.07) is 7.08. The lowest BCUT2D eigenvalue weighted by atomic mass is 10.2. The summed E-state index contributed by atoms with van der Waals surface area (Å²) >= 11 is 3.34. The van der Waals surface area contributed by atoms with Crippen LogP contribution in [0.1, 0.15) is 6.92 Å². The average molecular weight is 326 g/mol. The number of hydrogen-bond acceptors (Lipinski definition) is 3. The molecule has 2 rings (SSSR count). The van der Waals surface area contributed by atoms with Crippen molar-refractivity contribution in [3.05, 3.63) is 28.7 Å². The largest absolute Gasteiger partial charge is 0.354 e. The number of halogens is 1. The highest BCUT2D eigenvalue weighted by Crippen LogP contribution is 2.15. The molecule has 1 aliphatic rings. The maximum Gasteiger partial charge on any atom is 0.241 e. The first kappa shape index (κ1) is 14.0. The van der Waals surface area contributed by atoms with Crippen LogP contribution in [-0.2, 0) is 9.59 Å². The fourth-order valence-corrected chi connectivity index (χ4v) is 2.20. The maximum absolute atomic E-state index is 12.1. The third-order valence-electron chi connectivity index (χ3n) is 3.11. The Bertz CT molecular complexity index is 475. The van der Waals surface area contributed by atoms with E-state index in [0.717, 1.165) is 10.2 Å². The van der Waals surface area contributed by atoms with Crippen molar-refractivity contribution in [1.82, 2.24) is 10.2 Å². The molecule has 102 valence electrons. The Balaban J connectivity index is 1.95. The van der Waals surface area contributed by atoms with Crippen LogP contribution in [0.3, 0.4) is 0 Å². The maximum atomic E-state index is 12.1. The van der Waals surface area contributed by atoms with E-state index in [2.05, 4.69) is 26.6 Å². The molecule has 2 N–H and O–H groups in total. The predicted molar refractivity (Wildman–Crippen MR) is 76.8 cm³/mol. The second kappa shape index (κ2) is 6.16. The van der Waals surface area contributed by atoms with Crippen molar-refractivity contribution >= 4 is 33.4 Å². The second-order valence-corrected chi connectivity index (χ2v) is 5.41. The Morgan fingerprint density at radius 2 is 2.11 bits per heavy atom. The molecule has 0 bridgehead atoms. The topological polar surface area (TPSA) is 61.4 Å². The average Bonchev–Trinajstić information content (AvgIpc) is 2.40. The van der Waals surface area contributed by atoms with Crippen molar-refractivity contribution in [2.45, 2.75) is 13.0 Å². The highest BCUT2D eigenvalue weighted by Gasteiger charge is 2.25. The molecular formula is C13H16BrN3O2. The number of nitrogens with one attached hydrogen (secondary N) is 2. The van der Waals surface area contributed by atoms with Crippen LogP contribution in [-0.4, -0.2) is 42.4 Å². The number of amides is 2. The summed E-state index contributed by atoms with van der Waals surface area (Å²) in [6.07, 6.45) is 0. The lowest BCUT2D eigenvalue weighted by molar-refractivity contribution is -0.127. The van der Waals surface area contributed by atoms with Crippen LogP contribution in [0, 0.1) is 0 Å². The molecule has 2 amide bonds. The van der Waals surface area contributed by atoms with E-state index in [0.29, 0.717) is 13.1 Å². The van der Waals surface area contributed by atoms with Crippen molar-refractivity contribution in [2.24, 2.45) is 0 Å². The highest BCUT2D eigenvalue weighted by molar-refractivity contribution is 9.10. The number of benzene rings is 1. The third-order valence-corrected chi connectivity index (χ3v) is 3.64. The fourth-order valence-electron chi connectivity index (χ4n) is 1.93. The molecule has 1 aromatic carbocycles. The van der Waals surface area contributed by atoms with E-state index in [9.17, 15) is 9.59 Å². The van der Waals surface area contributed by atoms with Gasteiger partial charge in [-0.15, -0.1) is 0 Å². The number of carbonyl (C=O) groups is 2. The quantitative estimate of drug-likeness (QED) is 0.878. The molecule has 0 saturated carbocycles. The van der Waals surface area contributed by atoms with Crippen LogP contribution in [0.15, 0.2) is 28.7 Å². The SMILES string of the molecule is C[C@@H](C(=O)Nc1ccc(Br)cc1)N1CCNC(=O)C1. The number of anilines is 1. The van der Waals surface area contributed by atoms with E-state index in [1.165, 1.54) is 0 Å². The van der Waals surface area contributed by atoms with Gasteiger partial charge < -0.3 is 10.6 Å². The van der Waals surface area contributed by atoms with E-state index in [4.69, 9.17) is 0 Å². The van der Waals surface area contributed by atoms with Crippen molar-refractivity contribution in [2.75, 3.05) is 25.0 Å². The van der Waals surface area contributed by atoms with Gasteiger partial charge in [0, 0.05) is 23.2 Å². The molecule has 0 aromatic heterocycles. The minimum Gasteiger partial charge on any atom is -0.354 e. The molecular weight excluding hydrogens is 310 g/mol. The molecule has 1 fully saturated rings. The molecule has 1 aromatic rings. The summed E-state index contributed by atoms with van der Waals surface area (Å²) in [5.41, 5.74) is 0.751. The van der Waals surface area contributed by atoms with Gasteiger partial charge in [0.25, 0.3) is 0 Å². The monoisotopic (exact) mass is 325 g/mol. The van der Waals surface area contributed by atoms with E-state index in [-0.39, 0.29) is 24.4 Å². The molecule has 0 unspecified atom stereocenters. The third kappa shape index (κ3) is 3.78. The lowest BCUT2D eigenvalue weighted by Gasteiger charge is -2.31. The van der Waals surface area contributed by atoms with Crippen LogP contribution in [0.5, 0.6) is 0 Å². The molecule has 1 aliphatic heterocycles. The Hall–Kier alpha value is -1.40. The van der Waals surface area contributed by atoms with Gasteiger partial charge in [0.15, 0.2) is 0 Å². The van der Waals surface area contributed by atoms with Crippen molar-refractivity contribution in [1.29, 1.82) is 0 Å². The number of piperazine rings is 1. The minimum atomic E-state index is -0.324. The van der Waals surface area contributed by atoms with Gasteiger partial charge in [-0.25, -0.2) is 0 Å². The lowest BCUT2D eigenvalue weighted by Crippen LogP contribution is -2.53. The summed E-state index contributed by atoms with van der Waals surface area (Å²) in [6.45, 7) is 3.37. The number of rotatable bonds is 3. The standard InChI is InChI=1S/C13H16BrN3O2/c1-9(17-7-6-15-12(18)8-17)13(19)16-11-4-2-10(14)3-5-11/h2-5,9H,6-8H2,1H3,(H,15,18)(H,16,19)/t9-/m0/s1. The van der Waals surface area contributed by atoms with Gasteiger partial charge in [0.2, 0.25) is 11.8 Å². The molecule has 5 nitrogen and oxygen atoms in total. The van der Waals surface area contributed by atoms with Crippen LogP contribution >= 0.6 is 15.9 Å². The Labute approximate surface area is 120 Å². The zero-order chi connectivity index (χ0) is 13.8. The second-order valence-electron chi connectivity index (χ2n) is 4.49. The number of hydrogen-bond donors (Lipinski definition) is 2. The Morgan fingerprint density at radius 1 is 1.42 bits per heavy atom. The molecule has 0 aliphatic carbocycles. The zero-order valence-electron chi connectivity index (χ0n) is 10.6. The summed E-state index contributed by atoms with van der Waals surface area (Å²) in [5.74, 6) is -0.133. The summed E-state index contributed by atoms with van der Waals surface area (Å²) in [5, 5.41) is 5.59. The van der Waals surface area contributed by atoms with Gasteiger partial charge in [-0.2, -0.15) is 0 Å². The van der Waals surface area contributed by atoms with Crippen molar-refractivity contribution in [3.63, 3.8) is 0 Å². The van der Waals surface area contributed by atoms with Crippen LogP contribution in [0.2, 0.25) is 0 Å².